The zero-order valence-electron chi connectivity index (χ0n) is 16.8. The van der Waals surface area contributed by atoms with E-state index in [0.717, 1.165) is 38.2 Å². The highest BCUT2D eigenvalue weighted by molar-refractivity contribution is 5.89. The molecular formula is C19H31N5O3. The van der Waals surface area contributed by atoms with Crippen LogP contribution in [0.15, 0.2) is 0 Å². The van der Waals surface area contributed by atoms with Crippen LogP contribution in [0.25, 0.3) is 0 Å². The van der Waals surface area contributed by atoms with Crippen LogP contribution in [0, 0.1) is 11.8 Å². The summed E-state index contributed by atoms with van der Waals surface area (Å²) in [6.07, 6.45) is 3.00. The molecule has 0 bridgehead atoms. The van der Waals surface area contributed by atoms with Gasteiger partial charge in [-0.25, -0.2) is 0 Å². The molecule has 2 saturated heterocycles. The molecule has 2 amide bonds. The first-order valence-electron chi connectivity index (χ1n) is 9.78. The van der Waals surface area contributed by atoms with Crippen molar-refractivity contribution in [1.29, 1.82) is 0 Å². The summed E-state index contributed by atoms with van der Waals surface area (Å²) < 4.78 is 1.85. The standard InChI is InChI=1S/C19H31N5O3/c1-19(2,3)24-11-14(10-17(24)26)18(27)23-7-5-13(6-8-23)9-15-20-21-16(12-25)22(15)4/h13-14,25H,5-12H2,1-4H3. The molecule has 0 radical (unpaired) electrons. The van der Waals surface area contributed by atoms with Crippen molar-refractivity contribution in [2.75, 3.05) is 19.6 Å². The van der Waals surface area contributed by atoms with Gasteiger partial charge in [-0.3, -0.25) is 9.59 Å². The van der Waals surface area contributed by atoms with Crippen LogP contribution in [-0.4, -0.2) is 66.7 Å². The van der Waals surface area contributed by atoms with E-state index in [9.17, 15) is 14.7 Å². The van der Waals surface area contributed by atoms with Gasteiger partial charge in [0.05, 0.1) is 5.92 Å². The number of aromatic nitrogens is 3. The lowest BCUT2D eigenvalue weighted by Gasteiger charge is -2.34. The lowest BCUT2D eigenvalue weighted by Crippen LogP contribution is -2.45. The van der Waals surface area contributed by atoms with Crippen molar-refractivity contribution >= 4 is 11.8 Å². The SMILES string of the molecule is Cn1c(CO)nnc1CC1CCN(C(=O)C2CC(=O)N(C(C)(C)C)C2)CC1. The van der Waals surface area contributed by atoms with Crippen LogP contribution in [0.1, 0.15) is 51.7 Å². The molecule has 1 unspecified atom stereocenters. The van der Waals surface area contributed by atoms with Crippen molar-refractivity contribution in [3.63, 3.8) is 0 Å². The minimum atomic E-state index is -0.233. The number of hydrogen-bond acceptors (Lipinski definition) is 5. The molecule has 3 heterocycles. The fourth-order valence-electron chi connectivity index (χ4n) is 4.11. The van der Waals surface area contributed by atoms with Gasteiger partial charge in [0.2, 0.25) is 11.8 Å². The zero-order chi connectivity index (χ0) is 19.8. The number of piperidine rings is 1. The Morgan fingerprint density at radius 3 is 2.33 bits per heavy atom. The Labute approximate surface area is 160 Å². The summed E-state index contributed by atoms with van der Waals surface area (Å²) in [6.45, 7) is 7.92. The van der Waals surface area contributed by atoms with E-state index in [1.54, 1.807) is 0 Å². The summed E-state index contributed by atoms with van der Waals surface area (Å²) in [7, 11) is 1.87. The fraction of sp³-hybridized carbons (Fsp3) is 0.789. The van der Waals surface area contributed by atoms with Gasteiger partial charge in [-0.1, -0.05) is 0 Å². The molecule has 0 spiro atoms. The minimum absolute atomic E-state index is 0.0812. The number of aliphatic hydroxyl groups is 1. The first-order chi connectivity index (χ1) is 12.7. The van der Waals surface area contributed by atoms with Gasteiger partial charge in [0.15, 0.2) is 5.82 Å². The summed E-state index contributed by atoms with van der Waals surface area (Å²) in [6, 6.07) is 0. The highest BCUT2D eigenvalue weighted by Gasteiger charge is 2.41. The van der Waals surface area contributed by atoms with Gasteiger partial charge in [0.25, 0.3) is 0 Å². The molecule has 1 N–H and O–H groups in total. The van der Waals surface area contributed by atoms with Gasteiger partial charge in [0.1, 0.15) is 12.4 Å². The summed E-state index contributed by atoms with van der Waals surface area (Å²) >= 11 is 0. The zero-order valence-corrected chi connectivity index (χ0v) is 16.8. The van der Waals surface area contributed by atoms with Gasteiger partial charge >= 0.3 is 0 Å². The predicted octanol–water partition coefficient (Wildman–Crippen LogP) is 0.736. The van der Waals surface area contributed by atoms with Crippen molar-refractivity contribution < 1.29 is 14.7 Å². The van der Waals surface area contributed by atoms with Gasteiger partial charge in [-0.05, 0) is 39.5 Å². The molecule has 150 valence electrons. The minimum Gasteiger partial charge on any atom is -0.388 e. The monoisotopic (exact) mass is 377 g/mol. The lowest BCUT2D eigenvalue weighted by atomic mass is 9.92. The van der Waals surface area contributed by atoms with Crippen LogP contribution >= 0.6 is 0 Å². The average molecular weight is 377 g/mol. The molecular weight excluding hydrogens is 346 g/mol. The van der Waals surface area contributed by atoms with E-state index < -0.39 is 0 Å². The quantitative estimate of drug-likeness (QED) is 0.835. The smallest absolute Gasteiger partial charge is 0.227 e. The summed E-state index contributed by atoms with van der Waals surface area (Å²) in [5.74, 6) is 1.91. The van der Waals surface area contributed by atoms with E-state index >= 15 is 0 Å². The third kappa shape index (κ3) is 4.15. The number of nitrogens with zero attached hydrogens (tertiary/aromatic N) is 5. The van der Waals surface area contributed by atoms with E-state index in [4.69, 9.17) is 0 Å². The van der Waals surface area contributed by atoms with Crippen LogP contribution in [0.3, 0.4) is 0 Å². The third-order valence-electron chi connectivity index (χ3n) is 5.88. The van der Waals surface area contributed by atoms with E-state index in [2.05, 4.69) is 10.2 Å². The van der Waals surface area contributed by atoms with Crippen molar-refractivity contribution in [1.82, 2.24) is 24.6 Å². The Morgan fingerprint density at radius 1 is 1.19 bits per heavy atom. The second-order valence-corrected chi connectivity index (χ2v) is 8.80. The molecule has 8 nitrogen and oxygen atoms in total. The maximum absolute atomic E-state index is 12.9. The number of hydrogen-bond donors (Lipinski definition) is 1. The largest absolute Gasteiger partial charge is 0.388 e. The number of amides is 2. The van der Waals surface area contributed by atoms with Gasteiger partial charge in [-0.15, -0.1) is 10.2 Å². The first-order valence-corrected chi connectivity index (χ1v) is 9.78. The Morgan fingerprint density at radius 2 is 1.81 bits per heavy atom. The molecule has 1 aromatic heterocycles. The third-order valence-corrected chi connectivity index (χ3v) is 5.88. The van der Waals surface area contributed by atoms with E-state index in [-0.39, 0.29) is 29.9 Å². The highest BCUT2D eigenvalue weighted by atomic mass is 16.3. The van der Waals surface area contributed by atoms with Crippen LogP contribution in [0.5, 0.6) is 0 Å². The number of carbonyl (C=O) groups is 2. The van der Waals surface area contributed by atoms with Crippen LogP contribution in [0.2, 0.25) is 0 Å². The Balaban J connectivity index is 1.52. The summed E-state index contributed by atoms with van der Waals surface area (Å²) in [5.41, 5.74) is -0.233. The molecule has 2 aliphatic heterocycles. The lowest BCUT2D eigenvalue weighted by molar-refractivity contribution is -0.137. The normalized spacial score (nSPS) is 22.0. The maximum Gasteiger partial charge on any atom is 0.227 e. The van der Waals surface area contributed by atoms with Crippen LogP contribution in [0.4, 0.5) is 0 Å². The molecule has 8 heteroatoms. The molecule has 27 heavy (non-hydrogen) atoms. The topological polar surface area (TPSA) is 91.6 Å². The Bertz CT molecular complexity index is 701. The van der Waals surface area contributed by atoms with E-state index in [1.807, 2.05) is 42.2 Å². The molecule has 0 aromatic carbocycles. The molecule has 0 saturated carbocycles. The predicted molar refractivity (Wildman–Crippen MR) is 99.5 cm³/mol. The molecule has 2 aliphatic rings. The Kier molecular flexibility index (Phi) is 5.55. The van der Waals surface area contributed by atoms with Crippen molar-refractivity contribution in [2.24, 2.45) is 18.9 Å². The number of aliphatic hydroxyl groups excluding tert-OH is 1. The maximum atomic E-state index is 12.9. The molecule has 3 rings (SSSR count). The number of likely N-dealkylation sites (tertiary alicyclic amines) is 2. The van der Waals surface area contributed by atoms with Crippen molar-refractivity contribution in [3.05, 3.63) is 11.6 Å². The van der Waals surface area contributed by atoms with Gasteiger partial charge in [0, 0.05) is 45.1 Å². The molecule has 1 atom stereocenters. The number of carbonyl (C=O) groups excluding carboxylic acids is 2. The van der Waals surface area contributed by atoms with Crippen molar-refractivity contribution in [2.45, 2.75) is 58.6 Å². The second-order valence-electron chi connectivity index (χ2n) is 8.80. The van der Waals surface area contributed by atoms with Gasteiger partial charge < -0.3 is 19.5 Å². The Hall–Kier alpha value is -1.96. The average Bonchev–Trinajstić information content (AvgIpc) is 3.18. The van der Waals surface area contributed by atoms with Crippen molar-refractivity contribution in [3.8, 4) is 0 Å². The summed E-state index contributed by atoms with van der Waals surface area (Å²) in [5, 5.41) is 17.4. The molecule has 2 fully saturated rings. The first kappa shape index (κ1) is 19.8. The highest BCUT2D eigenvalue weighted by Crippen LogP contribution is 2.29. The second kappa shape index (κ2) is 7.58. The summed E-state index contributed by atoms with van der Waals surface area (Å²) in [4.78, 5) is 28.9. The molecule has 1 aromatic rings. The molecule has 0 aliphatic carbocycles. The van der Waals surface area contributed by atoms with E-state index in [1.165, 1.54) is 0 Å². The van der Waals surface area contributed by atoms with Crippen LogP contribution in [-0.2, 0) is 29.7 Å². The van der Waals surface area contributed by atoms with E-state index in [0.29, 0.717) is 24.7 Å². The van der Waals surface area contributed by atoms with Gasteiger partial charge in [-0.2, -0.15) is 0 Å². The number of rotatable bonds is 4. The van der Waals surface area contributed by atoms with Crippen LogP contribution < -0.4 is 0 Å². The fourth-order valence-corrected chi connectivity index (χ4v) is 4.11.